The Kier molecular flexibility index (Phi) is 8.56. The first kappa shape index (κ1) is 20.7. The SMILES string of the molecule is N=C(N)CCc1ccc(CCCCCc2ccc(CCC(=N)N)cc2)cc1. The van der Waals surface area contributed by atoms with Crippen molar-refractivity contribution >= 4 is 11.7 Å². The van der Waals surface area contributed by atoms with E-state index in [2.05, 4.69) is 48.5 Å². The number of benzene rings is 2. The van der Waals surface area contributed by atoms with Crippen LogP contribution < -0.4 is 11.5 Å². The number of aryl methyl sites for hydroxylation is 4. The Morgan fingerprint density at radius 1 is 0.519 bits per heavy atom. The quantitative estimate of drug-likeness (QED) is 0.255. The molecule has 0 atom stereocenters. The fourth-order valence-corrected chi connectivity index (χ4v) is 3.14. The maximum absolute atomic E-state index is 7.29. The van der Waals surface area contributed by atoms with Crippen LogP contribution in [0.25, 0.3) is 0 Å². The van der Waals surface area contributed by atoms with Crippen LogP contribution in [0, 0.1) is 10.8 Å². The Hall–Kier alpha value is -2.62. The fourth-order valence-electron chi connectivity index (χ4n) is 3.14. The minimum Gasteiger partial charge on any atom is -0.388 e. The van der Waals surface area contributed by atoms with Gasteiger partial charge in [-0.05, 0) is 60.8 Å². The van der Waals surface area contributed by atoms with Crippen LogP contribution in [0.1, 0.15) is 54.4 Å². The number of hydrogen-bond acceptors (Lipinski definition) is 2. The minimum absolute atomic E-state index is 0.254. The molecule has 0 radical (unpaired) electrons. The smallest absolute Gasteiger partial charge is 0.0908 e. The Morgan fingerprint density at radius 2 is 0.815 bits per heavy atom. The lowest BCUT2D eigenvalue weighted by atomic mass is 10.0. The summed E-state index contributed by atoms with van der Waals surface area (Å²) in [5.74, 6) is 0.509. The number of rotatable bonds is 12. The molecule has 0 saturated carbocycles. The van der Waals surface area contributed by atoms with E-state index in [0.717, 1.165) is 25.7 Å². The normalized spacial score (nSPS) is 10.7. The summed E-state index contributed by atoms with van der Waals surface area (Å²) in [6.45, 7) is 0. The van der Waals surface area contributed by atoms with E-state index in [0.29, 0.717) is 12.8 Å². The highest BCUT2D eigenvalue weighted by atomic mass is 14.7. The van der Waals surface area contributed by atoms with Crippen molar-refractivity contribution in [1.29, 1.82) is 10.8 Å². The first-order chi connectivity index (χ1) is 13.0. The van der Waals surface area contributed by atoms with E-state index in [1.807, 2.05) is 0 Å². The fraction of sp³-hybridized carbons (Fsp3) is 0.391. The molecule has 0 unspecified atom stereocenters. The molecule has 0 aliphatic heterocycles. The van der Waals surface area contributed by atoms with Crippen LogP contribution in [0.2, 0.25) is 0 Å². The Morgan fingerprint density at radius 3 is 1.11 bits per heavy atom. The van der Waals surface area contributed by atoms with Gasteiger partial charge in [0.25, 0.3) is 0 Å². The molecular formula is C23H32N4. The van der Waals surface area contributed by atoms with Crippen molar-refractivity contribution < 1.29 is 0 Å². The van der Waals surface area contributed by atoms with Crippen LogP contribution in [0.3, 0.4) is 0 Å². The lowest BCUT2D eigenvalue weighted by Crippen LogP contribution is -2.10. The maximum atomic E-state index is 7.29. The molecule has 2 aromatic carbocycles. The molecule has 0 aliphatic rings. The lowest BCUT2D eigenvalue weighted by Gasteiger charge is -2.06. The van der Waals surface area contributed by atoms with Crippen molar-refractivity contribution in [3.63, 3.8) is 0 Å². The van der Waals surface area contributed by atoms with E-state index in [-0.39, 0.29) is 11.7 Å². The highest BCUT2D eigenvalue weighted by Gasteiger charge is 2.00. The average Bonchev–Trinajstić information content (AvgIpc) is 2.66. The Bertz CT molecular complexity index is 654. The van der Waals surface area contributed by atoms with E-state index in [1.54, 1.807) is 0 Å². The highest BCUT2D eigenvalue weighted by Crippen LogP contribution is 2.13. The van der Waals surface area contributed by atoms with Crippen LogP contribution in [0.5, 0.6) is 0 Å². The molecule has 4 nitrogen and oxygen atoms in total. The lowest BCUT2D eigenvalue weighted by molar-refractivity contribution is 0.678. The van der Waals surface area contributed by atoms with Gasteiger partial charge in [0, 0.05) is 12.8 Å². The van der Waals surface area contributed by atoms with E-state index in [1.165, 1.54) is 41.5 Å². The molecule has 27 heavy (non-hydrogen) atoms. The van der Waals surface area contributed by atoms with Crippen LogP contribution in [-0.4, -0.2) is 11.7 Å². The van der Waals surface area contributed by atoms with E-state index in [4.69, 9.17) is 22.3 Å². The number of amidine groups is 2. The molecule has 0 spiro atoms. The second-order valence-corrected chi connectivity index (χ2v) is 7.24. The van der Waals surface area contributed by atoms with Gasteiger partial charge in [0.05, 0.1) is 11.7 Å². The van der Waals surface area contributed by atoms with Crippen LogP contribution in [0.4, 0.5) is 0 Å². The second-order valence-electron chi connectivity index (χ2n) is 7.24. The van der Waals surface area contributed by atoms with Crippen molar-refractivity contribution in [3.05, 3.63) is 70.8 Å². The van der Waals surface area contributed by atoms with Gasteiger partial charge < -0.3 is 11.5 Å². The van der Waals surface area contributed by atoms with E-state index < -0.39 is 0 Å². The third-order valence-corrected chi connectivity index (χ3v) is 4.84. The van der Waals surface area contributed by atoms with Gasteiger partial charge in [0.2, 0.25) is 0 Å². The maximum Gasteiger partial charge on any atom is 0.0908 e. The first-order valence-corrected chi connectivity index (χ1v) is 9.84. The highest BCUT2D eigenvalue weighted by molar-refractivity contribution is 5.77. The molecule has 2 rings (SSSR count). The molecule has 0 aromatic heterocycles. The third-order valence-electron chi connectivity index (χ3n) is 4.84. The minimum atomic E-state index is 0.254. The molecule has 6 N–H and O–H groups in total. The number of nitrogens with two attached hydrogens (primary N) is 2. The predicted octanol–water partition coefficient (Wildman–Crippen LogP) is 4.38. The second kappa shape index (κ2) is 11.2. The van der Waals surface area contributed by atoms with Crippen molar-refractivity contribution in [2.75, 3.05) is 0 Å². The zero-order chi connectivity index (χ0) is 19.5. The zero-order valence-corrected chi connectivity index (χ0v) is 16.1. The molecule has 0 bridgehead atoms. The zero-order valence-electron chi connectivity index (χ0n) is 16.1. The molecule has 0 saturated heterocycles. The van der Waals surface area contributed by atoms with Crippen molar-refractivity contribution in [2.45, 2.75) is 57.8 Å². The summed E-state index contributed by atoms with van der Waals surface area (Å²) in [5.41, 5.74) is 16.1. The molecule has 2 aromatic rings. The topological polar surface area (TPSA) is 99.7 Å². The monoisotopic (exact) mass is 364 g/mol. The van der Waals surface area contributed by atoms with Crippen molar-refractivity contribution in [3.8, 4) is 0 Å². The molecule has 4 heteroatoms. The summed E-state index contributed by atoms with van der Waals surface area (Å²) >= 11 is 0. The van der Waals surface area contributed by atoms with Crippen molar-refractivity contribution in [1.82, 2.24) is 0 Å². The van der Waals surface area contributed by atoms with Gasteiger partial charge in [-0.25, -0.2) is 0 Å². The average molecular weight is 365 g/mol. The van der Waals surface area contributed by atoms with Gasteiger partial charge in [-0.15, -0.1) is 0 Å². The standard InChI is InChI=1S/C23H32N4/c24-22(25)16-14-20-10-6-18(7-11-20)4-2-1-3-5-19-8-12-21(13-9-19)15-17-23(26)27/h6-13H,1-5,14-17H2,(H3,24,25)(H3,26,27). The van der Waals surface area contributed by atoms with Gasteiger partial charge in [0.15, 0.2) is 0 Å². The molecule has 0 amide bonds. The summed E-state index contributed by atoms with van der Waals surface area (Å²) in [6.07, 6.45) is 8.87. The summed E-state index contributed by atoms with van der Waals surface area (Å²) in [6, 6.07) is 17.4. The van der Waals surface area contributed by atoms with E-state index >= 15 is 0 Å². The first-order valence-electron chi connectivity index (χ1n) is 9.84. The molecule has 144 valence electrons. The third kappa shape index (κ3) is 8.54. The Balaban J connectivity index is 1.62. The predicted molar refractivity (Wildman–Crippen MR) is 115 cm³/mol. The van der Waals surface area contributed by atoms with Gasteiger partial charge in [-0.1, -0.05) is 55.0 Å². The molecule has 0 fully saturated rings. The largest absolute Gasteiger partial charge is 0.388 e. The van der Waals surface area contributed by atoms with Gasteiger partial charge in [-0.2, -0.15) is 0 Å². The summed E-state index contributed by atoms with van der Waals surface area (Å²) in [7, 11) is 0. The Labute approximate surface area is 163 Å². The van der Waals surface area contributed by atoms with Gasteiger partial charge in [-0.3, -0.25) is 10.8 Å². The number of hydrogen-bond donors (Lipinski definition) is 4. The molecular weight excluding hydrogens is 332 g/mol. The van der Waals surface area contributed by atoms with Gasteiger partial charge >= 0.3 is 0 Å². The van der Waals surface area contributed by atoms with E-state index in [9.17, 15) is 0 Å². The van der Waals surface area contributed by atoms with Crippen molar-refractivity contribution in [2.24, 2.45) is 11.5 Å². The van der Waals surface area contributed by atoms with Gasteiger partial charge in [0.1, 0.15) is 0 Å². The summed E-state index contributed by atoms with van der Waals surface area (Å²) < 4.78 is 0. The molecule has 0 aliphatic carbocycles. The van der Waals surface area contributed by atoms with Crippen LogP contribution in [0.15, 0.2) is 48.5 Å². The number of unbranched alkanes of at least 4 members (excludes halogenated alkanes) is 2. The summed E-state index contributed by atoms with van der Waals surface area (Å²) in [5, 5.41) is 14.6. The molecule has 0 heterocycles. The summed E-state index contributed by atoms with van der Waals surface area (Å²) in [4.78, 5) is 0. The van der Waals surface area contributed by atoms with Crippen LogP contribution >= 0.6 is 0 Å². The number of nitrogens with one attached hydrogen (secondary N) is 2. The van der Waals surface area contributed by atoms with Crippen LogP contribution in [-0.2, 0) is 25.7 Å².